The van der Waals surface area contributed by atoms with Crippen LogP contribution in [0, 0.1) is 0 Å². The number of aliphatic hydroxyl groups excluding tert-OH is 5. The van der Waals surface area contributed by atoms with Gasteiger partial charge in [0.2, 0.25) is 0 Å². The quantitative estimate of drug-likeness (QED) is 0.265. The molecule has 0 aliphatic carbocycles. The number of aliphatic hydroxyl groups is 5. The summed E-state index contributed by atoms with van der Waals surface area (Å²) in [5.41, 5.74) is 3.31. The Morgan fingerprint density at radius 2 is 1.68 bits per heavy atom. The number of hydrogen-bond donors (Lipinski definition) is 6. The van der Waals surface area contributed by atoms with E-state index in [2.05, 4.69) is 10.5 Å². The molecule has 4 atom stereocenters. The average Bonchev–Trinajstić information content (AvgIpc) is 2.45. The number of hydrazone groups is 1. The standard InChI is InChI=1S/C12H18N2O5/c15-7-10(17)12(19)11(18)9(16)6-13-14-8-4-2-1-3-5-8/h1-6,9-12,14-19H,7H2/b13-6+/t9-,10+,11-,12+/m0/s1. The maximum absolute atomic E-state index is 9.52. The Kier molecular flexibility index (Phi) is 6.40. The van der Waals surface area contributed by atoms with Crippen molar-refractivity contribution in [1.82, 2.24) is 0 Å². The largest absolute Gasteiger partial charge is 0.394 e. The van der Waals surface area contributed by atoms with Gasteiger partial charge in [0.15, 0.2) is 0 Å². The van der Waals surface area contributed by atoms with Gasteiger partial charge in [-0.05, 0) is 12.1 Å². The monoisotopic (exact) mass is 270 g/mol. The van der Waals surface area contributed by atoms with Crippen molar-refractivity contribution >= 4 is 11.9 Å². The first-order valence-electron chi connectivity index (χ1n) is 5.73. The summed E-state index contributed by atoms with van der Waals surface area (Å²) in [7, 11) is 0. The van der Waals surface area contributed by atoms with Gasteiger partial charge in [-0.3, -0.25) is 5.43 Å². The number of anilines is 1. The molecule has 0 amide bonds. The highest BCUT2D eigenvalue weighted by Crippen LogP contribution is 2.06. The first kappa shape index (κ1) is 15.5. The molecule has 0 spiro atoms. The van der Waals surface area contributed by atoms with Gasteiger partial charge in [0, 0.05) is 0 Å². The maximum atomic E-state index is 9.52. The summed E-state index contributed by atoms with van der Waals surface area (Å²) in [5, 5.41) is 49.8. The van der Waals surface area contributed by atoms with E-state index in [1.54, 1.807) is 24.3 Å². The molecule has 0 unspecified atom stereocenters. The predicted molar refractivity (Wildman–Crippen MR) is 69.7 cm³/mol. The van der Waals surface area contributed by atoms with Crippen LogP contribution in [-0.2, 0) is 0 Å². The van der Waals surface area contributed by atoms with Crippen LogP contribution in [0.15, 0.2) is 35.4 Å². The Labute approximate surface area is 110 Å². The highest BCUT2D eigenvalue weighted by molar-refractivity contribution is 5.65. The minimum absolute atomic E-state index is 0.691. The second-order valence-electron chi connectivity index (χ2n) is 3.98. The summed E-state index contributed by atoms with van der Waals surface area (Å²) in [6.45, 7) is -0.718. The Morgan fingerprint density at radius 1 is 1.05 bits per heavy atom. The molecule has 0 aliphatic rings. The fourth-order valence-corrected chi connectivity index (χ4v) is 1.33. The van der Waals surface area contributed by atoms with Crippen molar-refractivity contribution < 1.29 is 25.5 Å². The first-order chi connectivity index (χ1) is 9.06. The molecule has 0 aliphatic heterocycles. The van der Waals surface area contributed by atoms with Crippen molar-refractivity contribution in [2.75, 3.05) is 12.0 Å². The molecule has 0 aromatic heterocycles. The SMILES string of the molecule is OC[C@@H](O)[C@@H](O)[C@@H](O)[C@@H](O)/C=N/Nc1ccccc1. The van der Waals surface area contributed by atoms with Gasteiger partial charge in [-0.15, -0.1) is 0 Å². The molecule has 19 heavy (non-hydrogen) atoms. The Morgan fingerprint density at radius 3 is 2.26 bits per heavy atom. The highest BCUT2D eigenvalue weighted by Gasteiger charge is 2.29. The molecular formula is C12H18N2O5. The minimum Gasteiger partial charge on any atom is -0.394 e. The van der Waals surface area contributed by atoms with Crippen LogP contribution in [0.1, 0.15) is 0 Å². The predicted octanol–water partition coefficient (Wildman–Crippen LogP) is -1.48. The van der Waals surface area contributed by atoms with Crippen LogP contribution in [0.5, 0.6) is 0 Å². The third-order valence-electron chi connectivity index (χ3n) is 2.48. The molecule has 7 nitrogen and oxygen atoms in total. The highest BCUT2D eigenvalue weighted by atomic mass is 16.4. The molecule has 0 heterocycles. The second-order valence-corrected chi connectivity index (χ2v) is 3.98. The molecule has 1 rings (SSSR count). The van der Waals surface area contributed by atoms with Gasteiger partial charge >= 0.3 is 0 Å². The van der Waals surface area contributed by atoms with E-state index in [-0.39, 0.29) is 0 Å². The van der Waals surface area contributed by atoms with Crippen LogP contribution in [0.2, 0.25) is 0 Å². The van der Waals surface area contributed by atoms with Crippen molar-refractivity contribution in [3.8, 4) is 0 Å². The summed E-state index contributed by atoms with van der Waals surface area (Å²) in [6, 6.07) is 8.93. The van der Waals surface area contributed by atoms with Crippen molar-refractivity contribution in [2.45, 2.75) is 24.4 Å². The molecule has 0 bridgehead atoms. The van der Waals surface area contributed by atoms with Crippen LogP contribution in [0.3, 0.4) is 0 Å². The van der Waals surface area contributed by atoms with E-state index in [4.69, 9.17) is 10.2 Å². The van der Waals surface area contributed by atoms with E-state index in [0.29, 0.717) is 5.69 Å². The Balaban J connectivity index is 2.47. The lowest BCUT2D eigenvalue weighted by molar-refractivity contribution is -0.0999. The molecule has 0 fully saturated rings. The zero-order valence-electron chi connectivity index (χ0n) is 10.2. The fourth-order valence-electron chi connectivity index (χ4n) is 1.33. The Bertz CT molecular complexity index is 387. The third-order valence-corrected chi connectivity index (χ3v) is 2.48. The summed E-state index contributed by atoms with van der Waals surface area (Å²) in [4.78, 5) is 0. The first-order valence-corrected chi connectivity index (χ1v) is 5.73. The molecule has 1 aromatic rings. The Hall–Kier alpha value is -1.51. The molecule has 0 radical (unpaired) electrons. The van der Waals surface area contributed by atoms with Gasteiger partial charge in [-0.2, -0.15) is 5.10 Å². The van der Waals surface area contributed by atoms with Gasteiger partial charge < -0.3 is 25.5 Å². The van der Waals surface area contributed by atoms with Crippen LogP contribution in [0.4, 0.5) is 5.69 Å². The summed E-state index contributed by atoms with van der Waals surface area (Å²) in [5.74, 6) is 0. The van der Waals surface area contributed by atoms with E-state index in [0.717, 1.165) is 6.21 Å². The average molecular weight is 270 g/mol. The summed E-state index contributed by atoms with van der Waals surface area (Å²) < 4.78 is 0. The number of rotatable bonds is 7. The van der Waals surface area contributed by atoms with Crippen LogP contribution in [0.25, 0.3) is 0 Å². The smallest absolute Gasteiger partial charge is 0.119 e. The van der Waals surface area contributed by atoms with E-state index in [9.17, 15) is 15.3 Å². The van der Waals surface area contributed by atoms with Crippen LogP contribution >= 0.6 is 0 Å². The van der Waals surface area contributed by atoms with Crippen LogP contribution < -0.4 is 5.43 Å². The topological polar surface area (TPSA) is 126 Å². The fraction of sp³-hybridized carbons (Fsp3) is 0.417. The van der Waals surface area contributed by atoms with E-state index in [1.807, 2.05) is 6.07 Å². The lowest BCUT2D eigenvalue weighted by Gasteiger charge is -2.23. The molecule has 1 aromatic carbocycles. The van der Waals surface area contributed by atoms with Crippen molar-refractivity contribution in [1.29, 1.82) is 0 Å². The van der Waals surface area contributed by atoms with Crippen LogP contribution in [-0.4, -0.2) is 62.8 Å². The van der Waals surface area contributed by atoms with Gasteiger partial charge in [0.25, 0.3) is 0 Å². The van der Waals surface area contributed by atoms with Gasteiger partial charge in [-0.25, -0.2) is 0 Å². The zero-order valence-corrected chi connectivity index (χ0v) is 10.2. The van der Waals surface area contributed by atoms with Crippen molar-refractivity contribution in [3.63, 3.8) is 0 Å². The van der Waals surface area contributed by atoms with Gasteiger partial charge in [-0.1, -0.05) is 18.2 Å². The van der Waals surface area contributed by atoms with E-state index in [1.165, 1.54) is 0 Å². The number of nitrogens with one attached hydrogen (secondary N) is 1. The van der Waals surface area contributed by atoms with Gasteiger partial charge in [0.1, 0.15) is 24.4 Å². The summed E-state index contributed by atoms with van der Waals surface area (Å²) in [6.07, 6.45) is -5.33. The molecule has 0 saturated carbocycles. The van der Waals surface area contributed by atoms with E-state index < -0.39 is 31.0 Å². The van der Waals surface area contributed by atoms with E-state index >= 15 is 0 Å². The van der Waals surface area contributed by atoms with Crippen molar-refractivity contribution in [3.05, 3.63) is 30.3 Å². The minimum atomic E-state index is -1.66. The second kappa shape index (κ2) is 7.82. The molecule has 6 N–H and O–H groups in total. The number of nitrogens with zero attached hydrogens (tertiary/aromatic N) is 1. The third kappa shape index (κ3) is 4.93. The molecule has 7 heteroatoms. The number of benzene rings is 1. The molecular weight excluding hydrogens is 252 g/mol. The lowest BCUT2D eigenvalue weighted by Crippen LogP contribution is -2.46. The molecule has 106 valence electrons. The zero-order chi connectivity index (χ0) is 14.3. The van der Waals surface area contributed by atoms with Crippen molar-refractivity contribution in [2.24, 2.45) is 5.10 Å². The number of para-hydroxylation sites is 1. The normalized spacial score (nSPS) is 17.9. The van der Waals surface area contributed by atoms with Gasteiger partial charge in [0.05, 0.1) is 18.5 Å². The molecule has 0 saturated heterocycles. The lowest BCUT2D eigenvalue weighted by atomic mass is 10.0. The maximum Gasteiger partial charge on any atom is 0.119 e. The summed E-state index contributed by atoms with van der Waals surface area (Å²) >= 11 is 0. The number of hydrogen-bond acceptors (Lipinski definition) is 7.